The highest BCUT2D eigenvalue weighted by Crippen LogP contribution is 2.40. The van der Waals surface area contributed by atoms with Crippen molar-refractivity contribution in [2.24, 2.45) is 25.9 Å². The van der Waals surface area contributed by atoms with E-state index in [1.807, 2.05) is 18.7 Å². The minimum atomic E-state index is -5.02. The Bertz CT molecular complexity index is 2980. The molecular formula is C50H58F12N16O2. The van der Waals surface area contributed by atoms with Gasteiger partial charge in [-0.3, -0.25) is 10.1 Å². The molecule has 30 heteroatoms. The second kappa shape index (κ2) is 24.8. The molecule has 0 atom stereocenters. The normalized spacial score (nSPS) is 14.6. The van der Waals surface area contributed by atoms with E-state index >= 15 is 0 Å². The van der Waals surface area contributed by atoms with E-state index < -0.39 is 58.4 Å². The molecular weight excluding hydrogens is 1080 g/mol. The van der Waals surface area contributed by atoms with Crippen LogP contribution in [0.2, 0.25) is 0 Å². The summed E-state index contributed by atoms with van der Waals surface area (Å²) < 4.78 is 162. The molecule has 2 aliphatic rings. The first-order chi connectivity index (χ1) is 37.6. The standard InChI is InChI=1S/C25H28F6N8O2.C25H30F6N8/c1-3-37(13-16-6-4-5-7-16)22-18(10-21(12-32-22)39(40)41)15-38(23-33-35-36(2)34-23)14-17-8-19(24(26,27)28)11-20(9-17)25(29,30)31;1-3-38(13-16-6-4-5-7-16)22-18(10-21(32)12-33-22)15-39(23-34-36-37(2)35-23)14-17-8-19(24(26,27)28)11-20(9-17)25(29,30)31/h8-12,16H,3-7,13-15H2,1-2H3;8-12,16H,3-7,13-15,32H2,1-2H3. The van der Waals surface area contributed by atoms with Crippen LogP contribution in [-0.4, -0.2) is 81.5 Å². The summed E-state index contributed by atoms with van der Waals surface area (Å²) in [5.74, 6) is 1.95. The Morgan fingerprint density at radius 1 is 0.550 bits per heavy atom. The zero-order chi connectivity index (χ0) is 58.3. The lowest BCUT2D eigenvalue weighted by atomic mass is 10.0. The van der Waals surface area contributed by atoms with Crippen molar-refractivity contribution in [2.45, 2.75) is 116 Å². The van der Waals surface area contributed by atoms with Gasteiger partial charge in [-0.15, -0.1) is 10.2 Å². The van der Waals surface area contributed by atoms with Crippen LogP contribution in [0.4, 0.5) is 87.6 Å². The maximum absolute atomic E-state index is 13.5. The van der Waals surface area contributed by atoms with E-state index in [-0.39, 0.29) is 60.5 Å². The maximum Gasteiger partial charge on any atom is 0.416 e. The van der Waals surface area contributed by atoms with Gasteiger partial charge >= 0.3 is 24.7 Å². The zero-order valence-corrected chi connectivity index (χ0v) is 43.9. The Morgan fingerprint density at radius 3 is 1.24 bits per heavy atom. The molecule has 4 heterocycles. The third-order valence-corrected chi connectivity index (χ3v) is 13.7. The number of hydrogen-bond acceptors (Lipinski definition) is 15. The number of nitro groups is 1. The van der Waals surface area contributed by atoms with Crippen LogP contribution in [0, 0.1) is 22.0 Å². The van der Waals surface area contributed by atoms with Crippen LogP contribution >= 0.6 is 0 Å². The highest BCUT2D eigenvalue weighted by atomic mass is 19.4. The Hall–Kier alpha value is -7.56. The Balaban J connectivity index is 0.000000231. The number of aromatic nitrogens is 10. The molecule has 0 bridgehead atoms. The number of pyridine rings is 2. The number of anilines is 5. The predicted molar refractivity (Wildman–Crippen MR) is 269 cm³/mol. The molecule has 0 amide bonds. The summed E-state index contributed by atoms with van der Waals surface area (Å²) in [4.78, 5) is 29.0. The summed E-state index contributed by atoms with van der Waals surface area (Å²) in [7, 11) is 2.95. The largest absolute Gasteiger partial charge is 0.416 e. The Labute approximate surface area is 451 Å². The third kappa shape index (κ3) is 15.8. The van der Waals surface area contributed by atoms with Crippen LogP contribution in [-0.2, 0) is 65.0 Å². The minimum Gasteiger partial charge on any atom is -0.397 e. The van der Waals surface area contributed by atoms with Crippen molar-refractivity contribution in [1.82, 2.24) is 50.4 Å². The fourth-order valence-corrected chi connectivity index (χ4v) is 9.92. The number of tetrazole rings is 2. The SMILES string of the molecule is CCN(CC1CCCC1)c1ncc(N)cc1CN(Cc1cc(C(F)(F)F)cc(C(F)(F)F)c1)c1nnn(C)n1.CCN(CC1CCCC1)c1ncc([N+](=O)[O-])cc1CN(Cc1cc(C(F)(F)F)cc(C(F)(F)F)c1)c1nnn(C)n1. The first kappa shape index (κ1) is 60.1. The molecule has 2 aliphatic carbocycles. The molecule has 4 aromatic heterocycles. The van der Waals surface area contributed by atoms with E-state index in [9.17, 15) is 62.8 Å². The minimum absolute atomic E-state index is 0.0256. The second-order valence-corrected chi connectivity index (χ2v) is 19.8. The van der Waals surface area contributed by atoms with Crippen molar-refractivity contribution >= 4 is 34.9 Å². The molecule has 2 aromatic carbocycles. The summed E-state index contributed by atoms with van der Waals surface area (Å²) in [5.41, 5.74) is 0.877. The van der Waals surface area contributed by atoms with Gasteiger partial charge in [0.1, 0.15) is 17.8 Å². The lowest BCUT2D eigenvalue weighted by Gasteiger charge is -2.29. The molecule has 8 rings (SSSR count). The summed E-state index contributed by atoms with van der Waals surface area (Å²) in [5, 5.41) is 35.2. The van der Waals surface area contributed by atoms with Crippen molar-refractivity contribution in [1.29, 1.82) is 0 Å². The van der Waals surface area contributed by atoms with E-state index in [0.29, 0.717) is 84.2 Å². The molecule has 0 unspecified atom stereocenters. The van der Waals surface area contributed by atoms with Gasteiger partial charge in [-0.25, -0.2) is 9.97 Å². The van der Waals surface area contributed by atoms with Crippen LogP contribution in [0.15, 0.2) is 60.9 Å². The Kier molecular flexibility index (Phi) is 18.7. The number of hydrogen-bond donors (Lipinski definition) is 1. The van der Waals surface area contributed by atoms with Gasteiger partial charge in [-0.05, 0) is 115 Å². The van der Waals surface area contributed by atoms with Crippen LogP contribution < -0.4 is 25.3 Å². The molecule has 0 spiro atoms. The van der Waals surface area contributed by atoms with E-state index in [0.717, 1.165) is 60.9 Å². The van der Waals surface area contributed by atoms with E-state index in [2.05, 4.69) is 45.7 Å². The van der Waals surface area contributed by atoms with Crippen molar-refractivity contribution in [3.05, 3.63) is 116 Å². The van der Waals surface area contributed by atoms with Crippen molar-refractivity contribution in [2.75, 3.05) is 51.5 Å². The number of halogens is 12. The number of alkyl halides is 12. The van der Waals surface area contributed by atoms with Gasteiger partial charge in [0.15, 0.2) is 0 Å². The highest BCUT2D eigenvalue weighted by molar-refractivity contribution is 5.56. The van der Waals surface area contributed by atoms with Gasteiger partial charge in [0.2, 0.25) is 0 Å². The number of nitrogen functional groups attached to an aromatic ring is 1. The van der Waals surface area contributed by atoms with Gasteiger partial charge in [0, 0.05) is 56.5 Å². The van der Waals surface area contributed by atoms with Crippen molar-refractivity contribution in [3.8, 4) is 0 Å². The molecule has 434 valence electrons. The van der Waals surface area contributed by atoms with Gasteiger partial charge in [0.25, 0.3) is 17.6 Å². The molecule has 0 aliphatic heterocycles. The first-order valence-electron chi connectivity index (χ1n) is 25.5. The number of aryl methyl sites for hydroxylation is 2. The number of nitrogens with zero attached hydrogens (tertiary/aromatic N) is 15. The molecule has 2 fully saturated rings. The maximum atomic E-state index is 13.5. The van der Waals surface area contributed by atoms with Crippen molar-refractivity contribution < 1.29 is 57.6 Å². The number of rotatable bonds is 19. The third-order valence-electron chi connectivity index (χ3n) is 13.7. The summed E-state index contributed by atoms with van der Waals surface area (Å²) >= 11 is 0. The predicted octanol–water partition coefficient (Wildman–Crippen LogP) is 11.2. The van der Waals surface area contributed by atoms with Gasteiger partial charge in [0.05, 0.1) is 66.2 Å². The van der Waals surface area contributed by atoms with Crippen LogP contribution in [0.25, 0.3) is 0 Å². The van der Waals surface area contributed by atoms with Gasteiger partial charge < -0.3 is 25.3 Å². The second-order valence-electron chi connectivity index (χ2n) is 19.8. The molecule has 0 saturated heterocycles. The van der Waals surface area contributed by atoms with Gasteiger partial charge in [-0.1, -0.05) is 35.9 Å². The average Bonchev–Trinajstić information content (AvgIpc) is 4.25. The molecule has 2 saturated carbocycles. The van der Waals surface area contributed by atoms with E-state index in [1.54, 1.807) is 6.07 Å². The van der Waals surface area contributed by atoms with E-state index in [4.69, 9.17) is 5.73 Å². The van der Waals surface area contributed by atoms with Crippen LogP contribution in [0.5, 0.6) is 0 Å². The topological polar surface area (TPSA) is 195 Å². The smallest absolute Gasteiger partial charge is 0.397 e. The van der Waals surface area contributed by atoms with Gasteiger partial charge in [-0.2, -0.15) is 62.3 Å². The average molecular weight is 1140 g/mol. The summed E-state index contributed by atoms with van der Waals surface area (Å²) in [6, 6.07) is 5.83. The Morgan fingerprint density at radius 2 is 0.912 bits per heavy atom. The van der Waals surface area contributed by atoms with Crippen LogP contribution in [0.3, 0.4) is 0 Å². The molecule has 2 N–H and O–H groups in total. The molecule has 0 radical (unpaired) electrons. The highest BCUT2D eigenvalue weighted by Gasteiger charge is 2.39. The summed E-state index contributed by atoms with van der Waals surface area (Å²) in [6.45, 7) is 5.54. The fraction of sp³-hybridized carbons (Fsp3) is 0.520. The molecule has 18 nitrogen and oxygen atoms in total. The van der Waals surface area contributed by atoms with Crippen molar-refractivity contribution in [3.63, 3.8) is 0 Å². The summed E-state index contributed by atoms with van der Waals surface area (Å²) in [6.07, 6.45) is -8.45. The zero-order valence-electron chi connectivity index (χ0n) is 43.9. The lowest BCUT2D eigenvalue weighted by molar-refractivity contribution is -0.385. The molecule has 6 aromatic rings. The molecule has 80 heavy (non-hydrogen) atoms. The number of benzene rings is 2. The first-order valence-corrected chi connectivity index (χ1v) is 25.5. The fourth-order valence-electron chi connectivity index (χ4n) is 9.92. The quantitative estimate of drug-likeness (QED) is 0.0457. The monoisotopic (exact) mass is 1140 g/mol. The number of nitrogens with two attached hydrogens (primary N) is 1. The lowest BCUT2D eigenvalue weighted by Crippen LogP contribution is -2.32. The van der Waals surface area contributed by atoms with Crippen LogP contribution in [0.1, 0.15) is 110 Å². The van der Waals surface area contributed by atoms with E-state index in [1.165, 1.54) is 49.0 Å².